The van der Waals surface area contributed by atoms with Gasteiger partial charge in [-0.2, -0.15) is 0 Å². The maximum absolute atomic E-state index is 12.3. The first-order chi connectivity index (χ1) is 11.7. The fraction of sp³-hybridized carbons (Fsp3) is 0.0667. The molecular formula is C15H7F3N2O5. The Hall–Kier alpha value is -3.43. The number of alkyl halides is 3. The van der Waals surface area contributed by atoms with Crippen LogP contribution in [0, 0.1) is 10.1 Å². The molecule has 7 nitrogen and oxygen atoms in total. The van der Waals surface area contributed by atoms with Crippen LogP contribution in [0.5, 0.6) is 5.75 Å². The van der Waals surface area contributed by atoms with Crippen molar-refractivity contribution in [2.45, 2.75) is 6.36 Å². The van der Waals surface area contributed by atoms with E-state index < -0.39 is 34.5 Å². The molecule has 0 aromatic heterocycles. The van der Waals surface area contributed by atoms with Gasteiger partial charge in [0.15, 0.2) is 0 Å². The van der Waals surface area contributed by atoms with E-state index in [0.29, 0.717) is 17.0 Å². The topological polar surface area (TPSA) is 89.8 Å². The highest BCUT2D eigenvalue weighted by atomic mass is 19.4. The largest absolute Gasteiger partial charge is 0.573 e. The number of nitro groups is 1. The van der Waals surface area contributed by atoms with Crippen molar-refractivity contribution in [2.24, 2.45) is 0 Å². The number of anilines is 1. The first-order valence-corrected chi connectivity index (χ1v) is 6.71. The molecule has 2 aromatic carbocycles. The maximum Gasteiger partial charge on any atom is 0.573 e. The van der Waals surface area contributed by atoms with Crippen molar-refractivity contribution in [1.82, 2.24) is 0 Å². The summed E-state index contributed by atoms with van der Waals surface area (Å²) in [5.41, 5.74) is -1.05. The number of nitro benzene ring substituents is 1. The second-order valence-electron chi connectivity index (χ2n) is 4.95. The predicted molar refractivity (Wildman–Crippen MR) is 77.4 cm³/mol. The maximum atomic E-state index is 12.3. The van der Waals surface area contributed by atoms with Gasteiger partial charge in [-0.15, -0.1) is 13.2 Å². The molecule has 0 unspecified atom stereocenters. The SMILES string of the molecule is O=C1c2ccccc2C(=O)N1c1ccc(OC(F)(F)F)c([N+](=O)[O-])c1. The van der Waals surface area contributed by atoms with Crippen molar-refractivity contribution in [3.63, 3.8) is 0 Å². The van der Waals surface area contributed by atoms with Crippen molar-refractivity contribution >= 4 is 23.2 Å². The molecule has 2 amide bonds. The molecular weight excluding hydrogens is 345 g/mol. The minimum absolute atomic E-state index is 0.103. The number of hydrogen-bond acceptors (Lipinski definition) is 5. The average Bonchev–Trinajstić information content (AvgIpc) is 2.78. The number of imide groups is 1. The Bertz CT molecular complexity index is 875. The molecule has 0 saturated carbocycles. The fourth-order valence-corrected chi connectivity index (χ4v) is 2.42. The standard InChI is InChI=1S/C15H7F3N2O5/c16-15(17,18)25-12-6-5-8(7-11(12)20(23)24)19-13(21)9-3-1-2-4-10(9)14(19)22/h1-7H. The summed E-state index contributed by atoms with van der Waals surface area (Å²) < 4.78 is 40.6. The van der Waals surface area contributed by atoms with E-state index >= 15 is 0 Å². The molecule has 0 spiro atoms. The van der Waals surface area contributed by atoms with Gasteiger partial charge in [-0.1, -0.05) is 12.1 Å². The summed E-state index contributed by atoms with van der Waals surface area (Å²) in [5, 5.41) is 11.0. The van der Waals surface area contributed by atoms with Gasteiger partial charge in [0.2, 0.25) is 5.75 Å². The summed E-state index contributed by atoms with van der Waals surface area (Å²) in [5.74, 6) is -2.49. The number of ether oxygens (including phenoxy) is 1. The number of hydrogen-bond donors (Lipinski definition) is 0. The van der Waals surface area contributed by atoms with Crippen molar-refractivity contribution in [3.8, 4) is 5.75 Å². The zero-order valence-corrected chi connectivity index (χ0v) is 12.1. The number of carbonyl (C=O) groups is 2. The van der Waals surface area contributed by atoms with Crippen molar-refractivity contribution in [1.29, 1.82) is 0 Å². The lowest BCUT2D eigenvalue weighted by Crippen LogP contribution is -2.29. The molecule has 25 heavy (non-hydrogen) atoms. The Morgan fingerprint density at radius 1 is 1.00 bits per heavy atom. The van der Waals surface area contributed by atoms with E-state index in [2.05, 4.69) is 4.74 Å². The lowest BCUT2D eigenvalue weighted by molar-refractivity contribution is -0.388. The molecule has 10 heteroatoms. The highest BCUT2D eigenvalue weighted by Gasteiger charge is 2.38. The normalized spacial score (nSPS) is 13.8. The number of halogens is 3. The number of nitrogens with zero attached hydrogens (tertiary/aromatic N) is 2. The lowest BCUT2D eigenvalue weighted by atomic mass is 10.1. The first kappa shape index (κ1) is 16.4. The van der Waals surface area contributed by atoms with Gasteiger partial charge >= 0.3 is 12.0 Å². The number of amides is 2. The van der Waals surface area contributed by atoms with Crippen LogP contribution in [0.25, 0.3) is 0 Å². The highest BCUT2D eigenvalue weighted by Crippen LogP contribution is 2.37. The van der Waals surface area contributed by atoms with Crippen molar-refractivity contribution in [2.75, 3.05) is 4.90 Å². The molecule has 3 rings (SSSR count). The fourth-order valence-electron chi connectivity index (χ4n) is 2.42. The third-order valence-electron chi connectivity index (χ3n) is 3.42. The molecule has 0 radical (unpaired) electrons. The number of carbonyl (C=O) groups excluding carboxylic acids is 2. The molecule has 1 heterocycles. The molecule has 0 aliphatic carbocycles. The summed E-state index contributed by atoms with van der Waals surface area (Å²) >= 11 is 0. The van der Waals surface area contributed by atoms with E-state index in [1.54, 1.807) is 0 Å². The van der Waals surface area contributed by atoms with Gasteiger partial charge < -0.3 is 4.74 Å². The van der Waals surface area contributed by atoms with Crippen LogP contribution in [0.1, 0.15) is 20.7 Å². The smallest absolute Gasteiger partial charge is 0.398 e. The van der Waals surface area contributed by atoms with Crippen LogP contribution in [0.15, 0.2) is 42.5 Å². The second kappa shape index (κ2) is 5.58. The van der Waals surface area contributed by atoms with Crippen LogP contribution in [-0.4, -0.2) is 23.1 Å². The first-order valence-electron chi connectivity index (χ1n) is 6.71. The van der Waals surface area contributed by atoms with Crippen LogP contribution in [0.2, 0.25) is 0 Å². The van der Waals surface area contributed by atoms with E-state index in [9.17, 15) is 32.9 Å². The van der Waals surface area contributed by atoms with Gasteiger partial charge in [0.1, 0.15) is 0 Å². The van der Waals surface area contributed by atoms with E-state index in [4.69, 9.17) is 0 Å². The van der Waals surface area contributed by atoms with Crippen molar-refractivity contribution in [3.05, 3.63) is 63.7 Å². The average molecular weight is 352 g/mol. The lowest BCUT2D eigenvalue weighted by Gasteiger charge is -2.15. The quantitative estimate of drug-likeness (QED) is 0.480. The molecule has 2 aromatic rings. The third kappa shape index (κ3) is 2.89. The van der Waals surface area contributed by atoms with Gasteiger partial charge in [0.05, 0.1) is 21.7 Å². The Morgan fingerprint density at radius 2 is 1.56 bits per heavy atom. The summed E-state index contributed by atoms with van der Waals surface area (Å²) in [7, 11) is 0. The van der Waals surface area contributed by atoms with Gasteiger partial charge in [0, 0.05) is 6.07 Å². The molecule has 1 aliphatic heterocycles. The summed E-state index contributed by atoms with van der Waals surface area (Å²) in [4.78, 5) is 35.2. The van der Waals surface area contributed by atoms with E-state index in [-0.39, 0.29) is 16.8 Å². The van der Waals surface area contributed by atoms with E-state index in [1.807, 2.05) is 0 Å². The van der Waals surface area contributed by atoms with Crippen molar-refractivity contribution < 1.29 is 32.4 Å². The summed E-state index contributed by atoms with van der Waals surface area (Å²) in [6.45, 7) is 0. The molecule has 128 valence electrons. The van der Waals surface area contributed by atoms with Gasteiger partial charge in [0.25, 0.3) is 11.8 Å². The van der Waals surface area contributed by atoms with E-state index in [0.717, 1.165) is 6.07 Å². The van der Waals surface area contributed by atoms with Crippen LogP contribution < -0.4 is 9.64 Å². The Morgan fingerprint density at radius 3 is 2.04 bits per heavy atom. The monoisotopic (exact) mass is 352 g/mol. The third-order valence-corrected chi connectivity index (χ3v) is 3.42. The van der Waals surface area contributed by atoms with Gasteiger partial charge in [-0.25, -0.2) is 4.90 Å². The van der Waals surface area contributed by atoms with Crippen LogP contribution >= 0.6 is 0 Å². The van der Waals surface area contributed by atoms with Crippen LogP contribution in [0.3, 0.4) is 0 Å². The molecule has 0 saturated heterocycles. The van der Waals surface area contributed by atoms with Gasteiger partial charge in [-0.05, 0) is 24.3 Å². The summed E-state index contributed by atoms with van der Waals surface area (Å²) in [6, 6.07) is 8.23. The van der Waals surface area contributed by atoms with Crippen LogP contribution in [0.4, 0.5) is 24.5 Å². The minimum Gasteiger partial charge on any atom is -0.398 e. The van der Waals surface area contributed by atoms with Crippen LogP contribution in [-0.2, 0) is 0 Å². The Balaban J connectivity index is 2.05. The molecule has 0 bridgehead atoms. The zero-order valence-electron chi connectivity index (χ0n) is 12.1. The van der Waals surface area contributed by atoms with E-state index in [1.165, 1.54) is 24.3 Å². The molecule has 1 aliphatic rings. The Labute approximate surface area is 137 Å². The number of fused-ring (bicyclic) bond motifs is 1. The number of rotatable bonds is 3. The second-order valence-corrected chi connectivity index (χ2v) is 4.95. The molecule has 0 N–H and O–H groups in total. The number of benzene rings is 2. The molecule has 0 atom stereocenters. The Kier molecular flexibility index (Phi) is 3.67. The minimum atomic E-state index is -5.12. The zero-order chi connectivity index (χ0) is 18.4. The predicted octanol–water partition coefficient (Wildman–Crippen LogP) is 3.29. The molecule has 0 fully saturated rings. The highest BCUT2D eigenvalue weighted by molar-refractivity contribution is 6.34. The van der Waals surface area contributed by atoms with Gasteiger partial charge in [-0.3, -0.25) is 19.7 Å². The summed E-state index contributed by atoms with van der Waals surface area (Å²) in [6.07, 6.45) is -5.12.